The molecule has 0 unspecified atom stereocenters. The molecule has 1 aliphatic heterocycles. The topological polar surface area (TPSA) is 77.5 Å². The quantitative estimate of drug-likeness (QED) is 0.410. The first-order chi connectivity index (χ1) is 12.7. The van der Waals surface area contributed by atoms with Crippen molar-refractivity contribution in [2.45, 2.75) is 19.4 Å². The minimum atomic E-state index is -0.612. The maximum absolute atomic E-state index is 11.0. The van der Waals surface area contributed by atoms with Crippen molar-refractivity contribution in [3.63, 3.8) is 0 Å². The van der Waals surface area contributed by atoms with E-state index in [1.54, 1.807) is 12.3 Å². The average Bonchev–Trinajstić information content (AvgIpc) is 3.16. The molecule has 0 saturated carbocycles. The second kappa shape index (κ2) is 8.80. The standard InChI is InChI=1S/C19H21ClN4O2/c20-16-11-14(7-8-18(25)23-26)12-21-19(16)22-17-6-2-1-5-15(17)13-24-9-3-4-10-24/h1-2,5-8,11-12,26H,3-4,9-10,13H2,(H,21,22)(H,23,25)/b8-7+. The maximum Gasteiger partial charge on any atom is 0.267 e. The third kappa shape index (κ3) is 4.82. The molecule has 1 amide bonds. The van der Waals surface area contributed by atoms with E-state index in [0.29, 0.717) is 16.4 Å². The van der Waals surface area contributed by atoms with Crippen molar-refractivity contribution in [3.8, 4) is 0 Å². The third-order valence-electron chi connectivity index (χ3n) is 4.26. The van der Waals surface area contributed by atoms with Crippen LogP contribution in [0, 0.1) is 0 Å². The van der Waals surface area contributed by atoms with Gasteiger partial charge in [0.15, 0.2) is 0 Å². The number of benzene rings is 1. The number of carbonyl (C=O) groups is 1. The lowest BCUT2D eigenvalue weighted by Crippen LogP contribution is -2.19. The van der Waals surface area contributed by atoms with Crippen LogP contribution in [0.3, 0.4) is 0 Å². The number of rotatable bonds is 6. The molecular formula is C19H21ClN4O2. The van der Waals surface area contributed by atoms with Crippen LogP contribution in [0.5, 0.6) is 0 Å². The molecule has 1 fully saturated rings. The van der Waals surface area contributed by atoms with E-state index in [1.165, 1.54) is 36.0 Å². The van der Waals surface area contributed by atoms with Crippen molar-refractivity contribution in [2.24, 2.45) is 0 Å². The monoisotopic (exact) mass is 372 g/mol. The van der Waals surface area contributed by atoms with E-state index in [0.717, 1.165) is 25.3 Å². The van der Waals surface area contributed by atoms with Crippen LogP contribution in [0.1, 0.15) is 24.0 Å². The van der Waals surface area contributed by atoms with E-state index in [2.05, 4.69) is 21.3 Å². The summed E-state index contributed by atoms with van der Waals surface area (Å²) in [7, 11) is 0. The van der Waals surface area contributed by atoms with Gasteiger partial charge >= 0.3 is 0 Å². The molecule has 1 aliphatic rings. The van der Waals surface area contributed by atoms with Gasteiger partial charge in [0.2, 0.25) is 0 Å². The Morgan fingerprint density at radius 3 is 2.81 bits per heavy atom. The molecule has 2 heterocycles. The van der Waals surface area contributed by atoms with Crippen molar-refractivity contribution in [3.05, 3.63) is 58.8 Å². The summed E-state index contributed by atoms with van der Waals surface area (Å²) < 4.78 is 0. The molecule has 7 heteroatoms. The van der Waals surface area contributed by atoms with Crippen LogP contribution in [0.15, 0.2) is 42.6 Å². The zero-order valence-electron chi connectivity index (χ0n) is 14.3. The molecule has 26 heavy (non-hydrogen) atoms. The molecule has 3 rings (SSSR count). The Hall–Kier alpha value is -2.41. The number of nitrogens with one attached hydrogen (secondary N) is 2. The highest BCUT2D eigenvalue weighted by molar-refractivity contribution is 6.33. The van der Waals surface area contributed by atoms with Crippen molar-refractivity contribution in [1.82, 2.24) is 15.4 Å². The predicted octanol–water partition coefficient (Wildman–Crippen LogP) is 3.59. The summed E-state index contributed by atoms with van der Waals surface area (Å²) >= 11 is 6.33. The van der Waals surface area contributed by atoms with Crippen molar-refractivity contribution in [2.75, 3.05) is 18.4 Å². The largest absolute Gasteiger partial charge is 0.339 e. The molecular weight excluding hydrogens is 352 g/mol. The number of nitrogens with zero attached hydrogens (tertiary/aromatic N) is 2. The van der Waals surface area contributed by atoms with E-state index < -0.39 is 5.91 Å². The van der Waals surface area contributed by atoms with Gasteiger partial charge in [0, 0.05) is 24.5 Å². The number of carbonyl (C=O) groups excluding carboxylic acids is 1. The van der Waals surface area contributed by atoms with Crippen LogP contribution in [0.25, 0.3) is 6.08 Å². The number of hydrogen-bond acceptors (Lipinski definition) is 5. The van der Waals surface area contributed by atoms with E-state index in [9.17, 15) is 4.79 Å². The van der Waals surface area contributed by atoms with Crippen molar-refractivity contribution >= 4 is 35.1 Å². The lowest BCUT2D eigenvalue weighted by Gasteiger charge is -2.18. The number of amides is 1. The fourth-order valence-corrected chi connectivity index (χ4v) is 3.16. The minimum absolute atomic E-state index is 0.451. The second-order valence-corrected chi connectivity index (χ2v) is 6.58. The van der Waals surface area contributed by atoms with E-state index in [-0.39, 0.29) is 0 Å². The van der Waals surface area contributed by atoms with Gasteiger partial charge in [-0.2, -0.15) is 0 Å². The smallest absolute Gasteiger partial charge is 0.267 e. The number of aromatic nitrogens is 1. The SMILES string of the molecule is O=C(/C=C/c1cnc(Nc2ccccc2CN2CCCC2)c(Cl)c1)NO. The Kier molecular flexibility index (Phi) is 6.22. The van der Waals surface area contributed by atoms with Crippen LogP contribution in [0.4, 0.5) is 11.5 Å². The molecule has 1 aromatic carbocycles. The molecule has 0 aliphatic carbocycles. The predicted molar refractivity (Wildman–Crippen MR) is 102 cm³/mol. The summed E-state index contributed by atoms with van der Waals surface area (Å²) in [4.78, 5) is 17.8. The van der Waals surface area contributed by atoms with Gasteiger partial charge in [-0.25, -0.2) is 10.5 Å². The van der Waals surface area contributed by atoms with Gasteiger partial charge in [0.1, 0.15) is 5.82 Å². The molecule has 0 atom stereocenters. The summed E-state index contributed by atoms with van der Waals surface area (Å²) in [6.07, 6.45) is 6.85. The Balaban J connectivity index is 1.74. The van der Waals surface area contributed by atoms with Crippen LogP contribution in [-0.2, 0) is 11.3 Å². The highest BCUT2D eigenvalue weighted by Gasteiger charge is 2.14. The maximum atomic E-state index is 11.0. The average molecular weight is 373 g/mol. The van der Waals surface area contributed by atoms with Crippen LogP contribution < -0.4 is 10.8 Å². The van der Waals surface area contributed by atoms with Crippen LogP contribution in [0.2, 0.25) is 5.02 Å². The normalized spacial score (nSPS) is 14.7. The molecule has 0 bridgehead atoms. The number of likely N-dealkylation sites (tertiary alicyclic amines) is 1. The van der Waals surface area contributed by atoms with E-state index in [4.69, 9.17) is 16.8 Å². The number of para-hydroxylation sites is 1. The van der Waals surface area contributed by atoms with Crippen molar-refractivity contribution < 1.29 is 10.0 Å². The fraction of sp³-hybridized carbons (Fsp3) is 0.263. The summed E-state index contributed by atoms with van der Waals surface area (Å²) in [6.45, 7) is 3.17. The molecule has 0 radical (unpaired) electrons. The van der Waals surface area contributed by atoms with E-state index >= 15 is 0 Å². The molecule has 6 nitrogen and oxygen atoms in total. The lowest BCUT2D eigenvalue weighted by molar-refractivity contribution is -0.124. The Morgan fingerprint density at radius 2 is 2.08 bits per heavy atom. The Labute approximate surface area is 157 Å². The van der Waals surface area contributed by atoms with Crippen LogP contribution >= 0.6 is 11.6 Å². The highest BCUT2D eigenvalue weighted by Crippen LogP contribution is 2.27. The molecule has 1 saturated heterocycles. The van der Waals surface area contributed by atoms with Gasteiger partial charge in [-0.05, 0) is 55.3 Å². The van der Waals surface area contributed by atoms with Gasteiger partial charge in [0.25, 0.3) is 5.91 Å². The molecule has 2 aromatic rings. The summed E-state index contributed by atoms with van der Waals surface area (Å²) in [5.74, 6) is -0.0523. The zero-order chi connectivity index (χ0) is 18.4. The number of hydrogen-bond donors (Lipinski definition) is 3. The number of halogens is 1. The molecule has 3 N–H and O–H groups in total. The summed E-state index contributed by atoms with van der Waals surface area (Å²) in [5.41, 5.74) is 4.38. The molecule has 0 spiro atoms. The first kappa shape index (κ1) is 18.4. The number of hydroxylamine groups is 1. The zero-order valence-corrected chi connectivity index (χ0v) is 15.0. The molecule has 1 aromatic heterocycles. The second-order valence-electron chi connectivity index (χ2n) is 6.17. The summed E-state index contributed by atoms with van der Waals surface area (Å²) in [5, 5.41) is 12.3. The fourth-order valence-electron chi connectivity index (χ4n) is 2.93. The first-order valence-corrected chi connectivity index (χ1v) is 8.88. The van der Waals surface area contributed by atoms with Gasteiger partial charge < -0.3 is 5.32 Å². The van der Waals surface area contributed by atoms with Gasteiger partial charge in [-0.15, -0.1) is 0 Å². The lowest BCUT2D eigenvalue weighted by atomic mass is 10.1. The molecule has 136 valence electrons. The third-order valence-corrected chi connectivity index (χ3v) is 4.55. The first-order valence-electron chi connectivity index (χ1n) is 8.50. The van der Waals surface area contributed by atoms with Gasteiger partial charge in [-0.3, -0.25) is 14.9 Å². The highest BCUT2D eigenvalue weighted by atomic mass is 35.5. The van der Waals surface area contributed by atoms with Gasteiger partial charge in [0.05, 0.1) is 5.02 Å². The Bertz CT molecular complexity index is 804. The van der Waals surface area contributed by atoms with Crippen LogP contribution in [-0.4, -0.2) is 34.1 Å². The number of anilines is 2. The summed E-state index contributed by atoms with van der Waals surface area (Å²) in [6, 6.07) is 9.85. The Morgan fingerprint density at radius 1 is 1.31 bits per heavy atom. The minimum Gasteiger partial charge on any atom is -0.339 e. The number of pyridine rings is 1. The van der Waals surface area contributed by atoms with Crippen molar-refractivity contribution in [1.29, 1.82) is 0 Å². The van der Waals surface area contributed by atoms with Gasteiger partial charge in [-0.1, -0.05) is 29.8 Å². The van der Waals surface area contributed by atoms with E-state index in [1.807, 2.05) is 18.2 Å².